The summed E-state index contributed by atoms with van der Waals surface area (Å²) in [6, 6.07) is 0. The number of hydrogen-bond donors (Lipinski definition) is 2. The second-order valence-corrected chi connectivity index (χ2v) is 7.47. The van der Waals surface area contributed by atoms with Gasteiger partial charge >= 0.3 is 0 Å². The number of hydrogen-bond acceptors (Lipinski definition) is 4. The van der Waals surface area contributed by atoms with E-state index in [-0.39, 0.29) is 22.8 Å². The maximum Gasteiger partial charge on any atom is 0.220 e. The minimum Gasteiger partial charge on any atom is -0.380 e. The maximum atomic E-state index is 11.9. The van der Waals surface area contributed by atoms with E-state index in [2.05, 4.69) is 19.2 Å². The highest BCUT2D eigenvalue weighted by atomic mass is 16.5. The predicted molar refractivity (Wildman–Crippen MR) is 86.2 cm³/mol. The molecule has 5 nitrogen and oxygen atoms in total. The van der Waals surface area contributed by atoms with Crippen LogP contribution in [0, 0.1) is 10.8 Å². The highest BCUT2D eigenvalue weighted by Gasteiger charge is 2.24. The van der Waals surface area contributed by atoms with Gasteiger partial charge in [0.05, 0.1) is 25.9 Å². The number of ether oxygens (including phenoxy) is 2. The fourth-order valence-electron chi connectivity index (χ4n) is 1.70. The third kappa shape index (κ3) is 11.7. The van der Waals surface area contributed by atoms with Crippen LogP contribution in [0.3, 0.4) is 0 Å². The number of rotatable bonds is 11. The molecule has 0 aliphatic heterocycles. The number of carbonyl (C=O) groups is 1. The van der Waals surface area contributed by atoms with Crippen molar-refractivity contribution in [3.8, 4) is 0 Å². The standard InChI is InChI=1S/C16H34N2O3/c1-13(2)21-8-7-18-14(19)9-15(3,4)11-20-12-16(5,6)10-17/h13H,7-12,17H2,1-6H3,(H,18,19). The van der Waals surface area contributed by atoms with Crippen molar-refractivity contribution in [3.05, 3.63) is 0 Å². The van der Waals surface area contributed by atoms with Crippen molar-refractivity contribution in [2.75, 3.05) is 32.9 Å². The summed E-state index contributed by atoms with van der Waals surface area (Å²) in [5, 5.41) is 2.87. The van der Waals surface area contributed by atoms with Gasteiger partial charge in [-0.3, -0.25) is 4.79 Å². The van der Waals surface area contributed by atoms with E-state index >= 15 is 0 Å². The molecule has 5 heteroatoms. The van der Waals surface area contributed by atoms with E-state index in [9.17, 15) is 4.79 Å². The number of nitrogens with one attached hydrogen (secondary N) is 1. The van der Waals surface area contributed by atoms with Gasteiger partial charge in [0.25, 0.3) is 0 Å². The summed E-state index contributed by atoms with van der Waals surface area (Å²) < 4.78 is 11.1. The van der Waals surface area contributed by atoms with Crippen LogP contribution < -0.4 is 11.1 Å². The minimum absolute atomic E-state index is 0.0213. The van der Waals surface area contributed by atoms with E-state index in [1.807, 2.05) is 27.7 Å². The van der Waals surface area contributed by atoms with Gasteiger partial charge in [0.2, 0.25) is 5.91 Å². The Kier molecular flexibility index (Phi) is 9.09. The molecular weight excluding hydrogens is 268 g/mol. The van der Waals surface area contributed by atoms with Crippen LogP contribution in [-0.2, 0) is 14.3 Å². The van der Waals surface area contributed by atoms with E-state index in [0.717, 1.165) is 0 Å². The lowest BCUT2D eigenvalue weighted by Crippen LogP contribution is -2.35. The van der Waals surface area contributed by atoms with Gasteiger partial charge in [0.1, 0.15) is 0 Å². The van der Waals surface area contributed by atoms with Gasteiger partial charge in [-0.05, 0) is 25.8 Å². The van der Waals surface area contributed by atoms with Crippen molar-refractivity contribution in [3.63, 3.8) is 0 Å². The highest BCUT2D eigenvalue weighted by Crippen LogP contribution is 2.22. The van der Waals surface area contributed by atoms with Crippen LogP contribution in [0.4, 0.5) is 0 Å². The van der Waals surface area contributed by atoms with Crippen LogP contribution >= 0.6 is 0 Å². The number of carbonyl (C=O) groups excluding carboxylic acids is 1. The Morgan fingerprint density at radius 1 is 1.14 bits per heavy atom. The summed E-state index contributed by atoms with van der Waals surface area (Å²) in [6.45, 7) is 15.0. The largest absolute Gasteiger partial charge is 0.380 e. The molecule has 0 saturated carbocycles. The van der Waals surface area contributed by atoms with Crippen molar-refractivity contribution in [2.24, 2.45) is 16.6 Å². The third-order valence-corrected chi connectivity index (χ3v) is 3.05. The summed E-state index contributed by atoms with van der Waals surface area (Å²) in [7, 11) is 0. The average Bonchev–Trinajstić information content (AvgIpc) is 2.33. The third-order valence-electron chi connectivity index (χ3n) is 3.05. The lowest BCUT2D eigenvalue weighted by Gasteiger charge is -2.28. The van der Waals surface area contributed by atoms with Gasteiger partial charge in [-0.2, -0.15) is 0 Å². The van der Waals surface area contributed by atoms with Crippen LogP contribution in [0.5, 0.6) is 0 Å². The normalized spacial score (nSPS) is 12.8. The topological polar surface area (TPSA) is 73.6 Å². The Labute approximate surface area is 129 Å². The quantitative estimate of drug-likeness (QED) is 0.572. The smallest absolute Gasteiger partial charge is 0.220 e. The molecule has 0 spiro atoms. The lowest BCUT2D eigenvalue weighted by molar-refractivity contribution is -0.124. The molecule has 0 fully saturated rings. The Morgan fingerprint density at radius 3 is 2.24 bits per heavy atom. The highest BCUT2D eigenvalue weighted by molar-refractivity contribution is 5.76. The van der Waals surface area contributed by atoms with Crippen LogP contribution in [0.15, 0.2) is 0 Å². The Morgan fingerprint density at radius 2 is 1.71 bits per heavy atom. The summed E-state index contributed by atoms with van der Waals surface area (Å²) >= 11 is 0. The second-order valence-electron chi connectivity index (χ2n) is 7.47. The molecule has 0 radical (unpaired) electrons. The summed E-state index contributed by atoms with van der Waals surface area (Å²) in [5.74, 6) is 0.0361. The fraction of sp³-hybridized carbons (Fsp3) is 0.938. The Hall–Kier alpha value is -0.650. The van der Waals surface area contributed by atoms with E-state index < -0.39 is 0 Å². The van der Waals surface area contributed by atoms with Crippen molar-refractivity contribution < 1.29 is 14.3 Å². The zero-order valence-corrected chi connectivity index (χ0v) is 14.6. The summed E-state index contributed by atoms with van der Waals surface area (Å²) in [4.78, 5) is 11.9. The Balaban J connectivity index is 3.91. The lowest BCUT2D eigenvalue weighted by atomic mass is 9.89. The van der Waals surface area contributed by atoms with Crippen LogP contribution in [-0.4, -0.2) is 44.9 Å². The van der Waals surface area contributed by atoms with Gasteiger partial charge in [-0.15, -0.1) is 0 Å². The van der Waals surface area contributed by atoms with Crippen LogP contribution in [0.25, 0.3) is 0 Å². The molecule has 0 aromatic carbocycles. The molecule has 0 heterocycles. The number of amides is 1. The molecule has 0 unspecified atom stereocenters. The molecule has 0 aliphatic carbocycles. The summed E-state index contributed by atoms with van der Waals surface area (Å²) in [6.07, 6.45) is 0.634. The monoisotopic (exact) mass is 302 g/mol. The molecule has 0 atom stereocenters. The van der Waals surface area contributed by atoms with Crippen molar-refractivity contribution in [1.82, 2.24) is 5.32 Å². The van der Waals surface area contributed by atoms with E-state index in [4.69, 9.17) is 15.2 Å². The minimum atomic E-state index is -0.187. The van der Waals surface area contributed by atoms with Gasteiger partial charge < -0.3 is 20.5 Å². The fourth-order valence-corrected chi connectivity index (χ4v) is 1.70. The molecule has 0 aromatic rings. The molecular formula is C16H34N2O3. The first kappa shape index (κ1) is 20.3. The SMILES string of the molecule is CC(C)OCCNC(=O)CC(C)(C)COCC(C)(C)CN. The molecule has 0 saturated heterocycles. The first-order valence-electron chi connectivity index (χ1n) is 7.74. The van der Waals surface area contributed by atoms with Crippen LogP contribution in [0.1, 0.15) is 48.0 Å². The predicted octanol–water partition coefficient (Wildman–Crippen LogP) is 1.95. The first-order chi connectivity index (χ1) is 9.58. The molecule has 0 aliphatic rings. The molecule has 0 rings (SSSR count). The molecule has 126 valence electrons. The van der Waals surface area contributed by atoms with Gasteiger partial charge in [0, 0.05) is 18.4 Å². The van der Waals surface area contributed by atoms with Crippen molar-refractivity contribution in [2.45, 2.75) is 54.1 Å². The maximum absolute atomic E-state index is 11.9. The zero-order chi connectivity index (χ0) is 16.5. The van der Waals surface area contributed by atoms with Crippen molar-refractivity contribution in [1.29, 1.82) is 0 Å². The molecule has 3 N–H and O–H groups in total. The van der Waals surface area contributed by atoms with Crippen LogP contribution in [0.2, 0.25) is 0 Å². The van der Waals surface area contributed by atoms with Crippen molar-refractivity contribution >= 4 is 5.91 Å². The van der Waals surface area contributed by atoms with Gasteiger partial charge in [-0.1, -0.05) is 27.7 Å². The number of nitrogens with two attached hydrogens (primary N) is 1. The average molecular weight is 302 g/mol. The van der Waals surface area contributed by atoms with E-state index in [0.29, 0.717) is 39.3 Å². The molecule has 0 aromatic heterocycles. The van der Waals surface area contributed by atoms with Gasteiger partial charge in [0.15, 0.2) is 0 Å². The molecule has 1 amide bonds. The molecule has 21 heavy (non-hydrogen) atoms. The van der Waals surface area contributed by atoms with E-state index in [1.165, 1.54) is 0 Å². The second kappa shape index (κ2) is 9.38. The first-order valence-corrected chi connectivity index (χ1v) is 7.74. The Bertz CT molecular complexity index is 302. The molecule has 0 bridgehead atoms. The summed E-state index contributed by atoms with van der Waals surface area (Å²) in [5.41, 5.74) is 5.46. The van der Waals surface area contributed by atoms with Gasteiger partial charge in [-0.25, -0.2) is 0 Å². The zero-order valence-electron chi connectivity index (χ0n) is 14.6. The van der Waals surface area contributed by atoms with E-state index in [1.54, 1.807) is 0 Å².